The van der Waals surface area contributed by atoms with Gasteiger partial charge >= 0.3 is 25.3 Å². The van der Waals surface area contributed by atoms with E-state index in [4.69, 9.17) is 9.47 Å². The molecule has 0 aliphatic carbocycles. The summed E-state index contributed by atoms with van der Waals surface area (Å²) in [5.41, 5.74) is -3.74. The number of carbonyl (C=O) groups is 4. The summed E-state index contributed by atoms with van der Waals surface area (Å²) in [5, 5.41) is 43.6. The van der Waals surface area contributed by atoms with Gasteiger partial charge in [-0.15, -0.1) is 0 Å². The van der Waals surface area contributed by atoms with Gasteiger partial charge in [0, 0.05) is 6.54 Å². The number of piperidine rings is 1. The van der Waals surface area contributed by atoms with Gasteiger partial charge in [-0.05, 0) is 67.1 Å². The molecule has 0 aromatic carbocycles. The van der Waals surface area contributed by atoms with Gasteiger partial charge in [0.25, 0.3) is 0 Å². The molecule has 1 saturated heterocycles. The third-order valence-electron chi connectivity index (χ3n) is 5.29. The lowest BCUT2D eigenvalue weighted by atomic mass is 9.75. The van der Waals surface area contributed by atoms with Crippen LogP contribution in [0, 0.1) is 5.92 Å². The Morgan fingerprint density at radius 1 is 1.06 bits per heavy atom. The molecule has 0 spiro atoms. The standard InChI is InChI=1S/C22H40BN3O10/c1-13(27)15(24-18(31)35-20(2,3)4)16(28)26-11-14(8-9-23(33)34)10-22(12-26,17(29)30)25-19(32)36-21(5,6)7/h13-15,27,33-34H,8-12H2,1-7H3,(H,24,31)(H,25,32)(H,29,30)/t13-,14+,15+,22-/m1/s1. The van der Waals surface area contributed by atoms with E-state index in [1.807, 2.05) is 0 Å². The second-order valence-corrected chi connectivity index (χ2v) is 11.2. The van der Waals surface area contributed by atoms with Crippen LogP contribution < -0.4 is 10.6 Å². The molecule has 0 aromatic rings. The summed E-state index contributed by atoms with van der Waals surface area (Å²) < 4.78 is 10.4. The van der Waals surface area contributed by atoms with E-state index < -0.39 is 72.5 Å². The van der Waals surface area contributed by atoms with Gasteiger partial charge < -0.3 is 45.3 Å². The van der Waals surface area contributed by atoms with Gasteiger partial charge in [0.2, 0.25) is 5.91 Å². The molecule has 3 amide bonds. The Hall–Kier alpha value is -2.58. The Morgan fingerprint density at radius 2 is 1.58 bits per heavy atom. The highest BCUT2D eigenvalue weighted by atomic mass is 16.6. The molecule has 0 bridgehead atoms. The van der Waals surface area contributed by atoms with Crippen LogP contribution in [0.15, 0.2) is 0 Å². The van der Waals surface area contributed by atoms with E-state index in [1.165, 1.54) is 6.92 Å². The fourth-order valence-corrected chi connectivity index (χ4v) is 3.89. The fourth-order valence-electron chi connectivity index (χ4n) is 3.89. The van der Waals surface area contributed by atoms with Crippen LogP contribution in [0.3, 0.4) is 0 Å². The molecule has 0 aromatic heterocycles. The summed E-state index contributed by atoms with van der Waals surface area (Å²) in [6.07, 6.45) is -3.38. The van der Waals surface area contributed by atoms with Crippen LogP contribution in [0.1, 0.15) is 61.3 Å². The molecule has 1 rings (SSSR count). The molecule has 1 fully saturated rings. The number of hydrogen-bond donors (Lipinski definition) is 6. The van der Waals surface area contributed by atoms with Crippen LogP contribution in [0.25, 0.3) is 0 Å². The van der Waals surface area contributed by atoms with Gasteiger partial charge in [-0.1, -0.05) is 6.42 Å². The zero-order valence-electron chi connectivity index (χ0n) is 22.0. The topological polar surface area (TPSA) is 195 Å². The molecule has 13 nitrogen and oxygen atoms in total. The molecule has 4 atom stereocenters. The first kappa shape index (κ1) is 31.5. The van der Waals surface area contributed by atoms with Crippen molar-refractivity contribution in [3.8, 4) is 0 Å². The van der Waals surface area contributed by atoms with Crippen molar-refractivity contribution in [2.45, 2.75) is 96.5 Å². The molecule has 206 valence electrons. The quantitative estimate of drug-likeness (QED) is 0.244. The van der Waals surface area contributed by atoms with E-state index in [1.54, 1.807) is 41.5 Å². The van der Waals surface area contributed by atoms with Crippen molar-refractivity contribution < 1.29 is 48.9 Å². The third kappa shape index (κ3) is 10.2. The monoisotopic (exact) mass is 517 g/mol. The summed E-state index contributed by atoms with van der Waals surface area (Å²) in [5.74, 6) is -2.78. The van der Waals surface area contributed by atoms with Crippen molar-refractivity contribution in [1.82, 2.24) is 15.5 Å². The summed E-state index contributed by atoms with van der Waals surface area (Å²) >= 11 is 0. The van der Waals surface area contributed by atoms with E-state index in [0.29, 0.717) is 0 Å². The second kappa shape index (κ2) is 12.1. The number of carbonyl (C=O) groups excluding carboxylic acids is 3. The first-order valence-electron chi connectivity index (χ1n) is 11.8. The van der Waals surface area contributed by atoms with Gasteiger partial charge in [-0.2, -0.15) is 0 Å². The van der Waals surface area contributed by atoms with Gasteiger partial charge in [0.1, 0.15) is 17.2 Å². The Bertz CT molecular complexity index is 809. The number of nitrogens with zero attached hydrogens (tertiary/aromatic N) is 1. The smallest absolute Gasteiger partial charge is 0.451 e. The number of aliphatic carboxylic acids is 1. The second-order valence-electron chi connectivity index (χ2n) is 11.2. The highest BCUT2D eigenvalue weighted by Crippen LogP contribution is 2.31. The van der Waals surface area contributed by atoms with Crippen LogP contribution in [0.4, 0.5) is 9.59 Å². The van der Waals surface area contributed by atoms with Crippen molar-refractivity contribution in [1.29, 1.82) is 0 Å². The Kier molecular flexibility index (Phi) is 10.6. The maximum atomic E-state index is 13.4. The molecule has 0 unspecified atom stereocenters. The van der Waals surface area contributed by atoms with Gasteiger partial charge in [0.15, 0.2) is 5.54 Å². The summed E-state index contributed by atoms with van der Waals surface area (Å²) in [6, 6.07) is -1.46. The van der Waals surface area contributed by atoms with E-state index in [0.717, 1.165) is 4.90 Å². The fraction of sp³-hybridized carbons (Fsp3) is 0.818. The van der Waals surface area contributed by atoms with E-state index >= 15 is 0 Å². The number of alkyl carbamates (subject to hydrolysis) is 2. The lowest BCUT2D eigenvalue weighted by Gasteiger charge is -2.45. The number of carboxylic acids is 1. The SMILES string of the molecule is C[C@@H](O)[C@H](NC(=O)OC(C)(C)C)C(=O)N1C[C@@H](CCB(O)O)C[C@](NC(=O)OC(C)(C)C)(C(=O)O)C1. The largest absolute Gasteiger partial charge is 0.479 e. The Balaban J connectivity index is 3.28. The van der Waals surface area contributed by atoms with Gasteiger partial charge in [-0.3, -0.25) is 4.79 Å². The number of nitrogens with one attached hydrogen (secondary N) is 2. The lowest BCUT2D eigenvalue weighted by Crippen LogP contribution is -2.68. The third-order valence-corrected chi connectivity index (χ3v) is 5.29. The zero-order valence-corrected chi connectivity index (χ0v) is 22.0. The predicted molar refractivity (Wildman–Crippen MR) is 129 cm³/mol. The van der Waals surface area contributed by atoms with E-state index in [-0.39, 0.29) is 25.7 Å². The van der Waals surface area contributed by atoms with Gasteiger partial charge in [0.05, 0.1) is 12.6 Å². The first-order valence-corrected chi connectivity index (χ1v) is 11.8. The van der Waals surface area contributed by atoms with Crippen molar-refractivity contribution in [2.24, 2.45) is 5.92 Å². The summed E-state index contributed by atoms with van der Waals surface area (Å²) in [4.78, 5) is 51.7. The van der Waals surface area contributed by atoms with Crippen LogP contribution in [-0.4, -0.2) is 98.3 Å². The molecule has 1 aliphatic rings. The minimum absolute atomic E-state index is 0.00417. The van der Waals surface area contributed by atoms with Crippen LogP contribution in [0.2, 0.25) is 6.32 Å². The highest BCUT2D eigenvalue weighted by Gasteiger charge is 2.50. The number of aliphatic hydroxyl groups excluding tert-OH is 1. The maximum absolute atomic E-state index is 13.4. The number of carboxylic acid groups (broad SMARTS) is 1. The minimum Gasteiger partial charge on any atom is -0.479 e. The molecule has 0 saturated carbocycles. The molecule has 36 heavy (non-hydrogen) atoms. The number of aliphatic hydroxyl groups is 1. The van der Waals surface area contributed by atoms with Crippen molar-refractivity contribution in [3.63, 3.8) is 0 Å². The molecule has 1 aliphatic heterocycles. The van der Waals surface area contributed by atoms with Crippen LogP contribution in [0.5, 0.6) is 0 Å². The van der Waals surface area contributed by atoms with Crippen molar-refractivity contribution in [2.75, 3.05) is 13.1 Å². The lowest BCUT2D eigenvalue weighted by molar-refractivity contribution is -0.152. The van der Waals surface area contributed by atoms with Crippen molar-refractivity contribution in [3.05, 3.63) is 0 Å². The number of rotatable bonds is 8. The highest BCUT2D eigenvalue weighted by molar-refractivity contribution is 6.40. The summed E-state index contributed by atoms with van der Waals surface area (Å²) in [7, 11) is -1.65. The predicted octanol–water partition coefficient (Wildman–Crippen LogP) is 0.320. The Labute approximate surface area is 211 Å². The average molecular weight is 517 g/mol. The minimum atomic E-state index is -1.96. The van der Waals surface area contributed by atoms with E-state index in [9.17, 15) is 39.4 Å². The van der Waals surface area contributed by atoms with Crippen molar-refractivity contribution >= 4 is 31.2 Å². The Morgan fingerprint density at radius 3 is 2.03 bits per heavy atom. The average Bonchev–Trinajstić information content (AvgIpc) is 2.66. The molecule has 0 radical (unpaired) electrons. The molecule has 14 heteroatoms. The first-order chi connectivity index (χ1) is 16.2. The normalized spacial score (nSPS) is 22.2. The number of ether oxygens (including phenoxy) is 2. The molecular formula is C22H40BN3O10. The molecular weight excluding hydrogens is 477 g/mol. The zero-order chi connectivity index (χ0) is 28.1. The van der Waals surface area contributed by atoms with Crippen LogP contribution in [-0.2, 0) is 19.1 Å². The molecule has 1 heterocycles. The maximum Gasteiger partial charge on any atom is 0.451 e. The number of amides is 3. The van der Waals surface area contributed by atoms with Crippen LogP contribution >= 0.6 is 0 Å². The number of hydrogen-bond acceptors (Lipinski definition) is 9. The van der Waals surface area contributed by atoms with E-state index in [2.05, 4.69) is 10.6 Å². The van der Waals surface area contributed by atoms with Gasteiger partial charge in [-0.25, -0.2) is 14.4 Å². The summed E-state index contributed by atoms with van der Waals surface area (Å²) in [6.45, 7) is 10.5. The molecule has 6 N–H and O–H groups in total. The number of likely N-dealkylation sites (tertiary alicyclic amines) is 1.